The average molecular weight is 176 g/mol. The van der Waals surface area contributed by atoms with Gasteiger partial charge in [-0.2, -0.15) is 0 Å². The van der Waals surface area contributed by atoms with Crippen LogP contribution in [0.5, 0.6) is 0 Å². The van der Waals surface area contributed by atoms with Crippen molar-refractivity contribution in [2.75, 3.05) is 0 Å². The second kappa shape index (κ2) is 3.99. The quantitative estimate of drug-likeness (QED) is 0.523. The highest BCUT2D eigenvalue weighted by Gasteiger charge is 2.08. The summed E-state index contributed by atoms with van der Waals surface area (Å²) in [5.41, 5.74) is 2.03. The van der Waals surface area contributed by atoms with Gasteiger partial charge in [0.15, 0.2) is 12.1 Å². The van der Waals surface area contributed by atoms with Gasteiger partial charge >= 0.3 is 0 Å². The summed E-state index contributed by atoms with van der Waals surface area (Å²) in [5, 5.41) is 0. The van der Waals surface area contributed by atoms with Crippen LogP contribution in [0.1, 0.15) is 39.6 Å². The van der Waals surface area contributed by atoms with Gasteiger partial charge in [-0.05, 0) is 13.0 Å². The molecule has 0 spiro atoms. The summed E-state index contributed by atoms with van der Waals surface area (Å²) < 4.78 is 0. The molecule has 0 heterocycles. The molecule has 0 saturated carbocycles. The molecule has 0 fully saturated rings. The van der Waals surface area contributed by atoms with Crippen LogP contribution in [0.15, 0.2) is 18.2 Å². The first-order chi connectivity index (χ1) is 6.19. The molecule has 0 aliphatic heterocycles. The Kier molecular flexibility index (Phi) is 2.96. The van der Waals surface area contributed by atoms with Crippen molar-refractivity contribution in [1.29, 1.82) is 0 Å². The minimum absolute atomic E-state index is 0.0193. The third-order valence-corrected chi connectivity index (χ3v) is 1.96. The molecule has 68 valence electrons. The Hall–Kier alpha value is -1.44. The molecular weight excluding hydrogens is 164 g/mol. The van der Waals surface area contributed by atoms with E-state index in [1.165, 1.54) is 0 Å². The molecule has 0 aliphatic rings. The van der Waals surface area contributed by atoms with Crippen LogP contribution in [0, 0.1) is 6.92 Å². The molecule has 0 amide bonds. The molecule has 1 aromatic carbocycles. The van der Waals surface area contributed by atoms with Crippen molar-refractivity contribution in [2.24, 2.45) is 0 Å². The molecule has 13 heavy (non-hydrogen) atoms. The van der Waals surface area contributed by atoms with Crippen LogP contribution in [-0.2, 0) is 0 Å². The van der Waals surface area contributed by atoms with Gasteiger partial charge in [-0.1, -0.05) is 24.6 Å². The van der Waals surface area contributed by atoms with Crippen LogP contribution in [0.2, 0.25) is 0 Å². The zero-order valence-electron chi connectivity index (χ0n) is 7.83. The molecule has 1 rings (SSSR count). The summed E-state index contributed by atoms with van der Waals surface area (Å²) in [6, 6.07) is 5.27. The molecule has 0 bridgehead atoms. The van der Waals surface area contributed by atoms with E-state index in [2.05, 4.69) is 0 Å². The molecule has 2 heteroatoms. The standard InChI is InChI=1S/C11H12O2/c1-3-11(13)10-6-8(2)4-5-9(10)7-12/h4-7H,3H2,1-2H3. The van der Waals surface area contributed by atoms with Gasteiger partial charge in [0.2, 0.25) is 0 Å². The van der Waals surface area contributed by atoms with Crippen molar-refractivity contribution in [3.05, 3.63) is 34.9 Å². The first kappa shape index (κ1) is 9.65. The van der Waals surface area contributed by atoms with E-state index >= 15 is 0 Å². The lowest BCUT2D eigenvalue weighted by atomic mass is 10.0. The van der Waals surface area contributed by atoms with E-state index in [-0.39, 0.29) is 5.78 Å². The number of carbonyl (C=O) groups is 2. The lowest BCUT2D eigenvalue weighted by Crippen LogP contribution is -2.02. The van der Waals surface area contributed by atoms with Gasteiger partial charge in [-0.3, -0.25) is 9.59 Å². The molecule has 0 radical (unpaired) electrons. The Balaban J connectivity index is 3.23. The van der Waals surface area contributed by atoms with Crippen LogP contribution in [0.3, 0.4) is 0 Å². The highest BCUT2D eigenvalue weighted by molar-refractivity contribution is 6.02. The highest BCUT2D eigenvalue weighted by Crippen LogP contribution is 2.11. The maximum atomic E-state index is 11.4. The first-order valence-corrected chi connectivity index (χ1v) is 4.28. The summed E-state index contributed by atoms with van der Waals surface area (Å²) in [7, 11) is 0. The predicted molar refractivity (Wildman–Crippen MR) is 51.2 cm³/mol. The third-order valence-electron chi connectivity index (χ3n) is 1.96. The van der Waals surface area contributed by atoms with Crippen LogP contribution in [-0.4, -0.2) is 12.1 Å². The molecule has 0 aliphatic carbocycles. The van der Waals surface area contributed by atoms with Crippen molar-refractivity contribution in [2.45, 2.75) is 20.3 Å². The molecule has 0 N–H and O–H groups in total. The van der Waals surface area contributed by atoms with E-state index in [0.29, 0.717) is 17.5 Å². The summed E-state index contributed by atoms with van der Waals surface area (Å²) in [4.78, 5) is 22.0. The van der Waals surface area contributed by atoms with E-state index in [9.17, 15) is 9.59 Å². The predicted octanol–water partition coefficient (Wildman–Crippen LogP) is 2.40. The minimum atomic E-state index is 0.0193. The zero-order chi connectivity index (χ0) is 9.84. The fraction of sp³-hybridized carbons (Fsp3) is 0.273. The smallest absolute Gasteiger partial charge is 0.163 e. The number of rotatable bonds is 3. The third kappa shape index (κ3) is 2.02. The summed E-state index contributed by atoms with van der Waals surface area (Å²) in [5.74, 6) is 0.0193. The van der Waals surface area contributed by atoms with Crippen LogP contribution < -0.4 is 0 Å². The SMILES string of the molecule is CCC(=O)c1cc(C)ccc1C=O. The Bertz CT molecular complexity index is 340. The van der Waals surface area contributed by atoms with E-state index in [4.69, 9.17) is 0 Å². The largest absolute Gasteiger partial charge is 0.298 e. The first-order valence-electron chi connectivity index (χ1n) is 4.28. The highest BCUT2D eigenvalue weighted by atomic mass is 16.1. The number of aldehydes is 1. The maximum absolute atomic E-state index is 11.4. The van der Waals surface area contributed by atoms with Gasteiger partial charge < -0.3 is 0 Å². The monoisotopic (exact) mass is 176 g/mol. The Morgan fingerprint density at radius 1 is 1.46 bits per heavy atom. The molecule has 0 aromatic heterocycles. The minimum Gasteiger partial charge on any atom is -0.298 e. The Labute approximate surface area is 77.6 Å². The number of benzene rings is 1. The van der Waals surface area contributed by atoms with Gasteiger partial charge in [-0.25, -0.2) is 0 Å². The van der Waals surface area contributed by atoms with Gasteiger partial charge in [-0.15, -0.1) is 0 Å². The molecule has 0 atom stereocenters. The molecule has 0 unspecified atom stereocenters. The maximum Gasteiger partial charge on any atom is 0.163 e. The molecule has 0 saturated heterocycles. The average Bonchev–Trinajstić information content (AvgIpc) is 2.16. The van der Waals surface area contributed by atoms with E-state index in [0.717, 1.165) is 11.8 Å². The van der Waals surface area contributed by atoms with Gasteiger partial charge in [0, 0.05) is 17.5 Å². The Morgan fingerprint density at radius 2 is 2.15 bits per heavy atom. The van der Waals surface area contributed by atoms with Crippen molar-refractivity contribution >= 4 is 12.1 Å². The fourth-order valence-electron chi connectivity index (χ4n) is 1.20. The van der Waals surface area contributed by atoms with Crippen molar-refractivity contribution in [3.8, 4) is 0 Å². The molecular formula is C11H12O2. The number of hydrogen-bond acceptors (Lipinski definition) is 2. The number of Topliss-reactive ketones (excluding diaryl/α,β-unsaturated/α-hetero) is 1. The van der Waals surface area contributed by atoms with Crippen LogP contribution >= 0.6 is 0 Å². The van der Waals surface area contributed by atoms with Crippen LogP contribution in [0.25, 0.3) is 0 Å². The van der Waals surface area contributed by atoms with Crippen LogP contribution in [0.4, 0.5) is 0 Å². The molecule has 2 nitrogen and oxygen atoms in total. The lowest BCUT2D eigenvalue weighted by molar-refractivity contribution is 0.0981. The van der Waals surface area contributed by atoms with E-state index < -0.39 is 0 Å². The zero-order valence-corrected chi connectivity index (χ0v) is 7.83. The van der Waals surface area contributed by atoms with Crippen molar-refractivity contribution in [1.82, 2.24) is 0 Å². The lowest BCUT2D eigenvalue weighted by Gasteiger charge is -2.02. The topological polar surface area (TPSA) is 34.1 Å². The number of ketones is 1. The van der Waals surface area contributed by atoms with Gasteiger partial charge in [0.05, 0.1) is 0 Å². The summed E-state index contributed by atoms with van der Waals surface area (Å²) in [6.45, 7) is 3.69. The van der Waals surface area contributed by atoms with Gasteiger partial charge in [0.25, 0.3) is 0 Å². The normalized spacial score (nSPS) is 9.69. The summed E-state index contributed by atoms with van der Waals surface area (Å²) >= 11 is 0. The van der Waals surface area contributed by atoms with E-state index in [1.54, 1.807) is 19.1 Å². The molecule has 1 aromatic rings. The number of aryl methyl sites for hydroxylation is 1. The Morgan fingerprint density at radius 3 is 2.69 bits per heavy atom. The number of carbonyl (C=O) groups excluding carboxylic acids is 2. The summed E-state index contributed by atoms with van der Waals surface area (Å²) in [6.07, 6.45) is 1.16. The van der Waals surface area contributed by atoms with E-state index in [1.807, 2.05) is 13.0 Å². The van der Waals surface area contributed by atoms with Gasteiger partial charge in [0.1, 0.15) is 0 Å². The fourth-order valence-corrected chi connectivity index (χ4v) is 1.20. The second-order valence-electron chi connectivity index (χ2n) is 2.99. The number of hydrogen-bond donors (Lipinski definition) is 0. The second-order valence-corrected chi connectivity index (χ2v) is 2.99. The van der Waals surface area contributed by atoms with Crippen molar-refractivity contribution in [3.63, 3.8) is 0 Å². The van der Waals surface area contributed by atoms with Crippen molar-refractivity contribution < 1.29 is 9.59 Å².